The summed E-state index contributed by atoms with van der Waals surface area (Å²) in [5.41, 5.74) is 1.29. The predicted molar refractivity (Wildman–Crippen MR) is 96.1 cm³/mol. The van der Waals surface area contributed by atoms with Crippen LogP contribution >= 0.6 is 23.2 Å². The number of hydrogen-bond acceptors (Lipinski definition) is 4. The van der Waals surface area contributed by atoms with Crippen LogP contribution in [-0.4, -0.2) is 56.2 Å². The highest BCUT2D eigenvalue weighted by atomic mass is 35.5. The van der Waals surface area contributed by atoms with Crippen LogP contribution in [0.25, 0.3) is 0 Å². The third-order valence-electron chi connectivity index (χ3n) is 4.77. The highest BCUT2D eigenvalue weighted by Crippen LogP contribution is 2.27. The molecule has 1 aromatic heterocycles. The van der Waals surface area contributed by atoms with Gasteiger partial charge in [-0.1, -0.05) is 28.4 Å². The molecule has 0 aliphatic carbocycles. The van der Waals surface area contributed by atoms with Crippen LogP contribution in [0.2, 0.25) is 10.0 Å². The minimum Gasteiger partial charge on any atom is -0.337 e. The van der Waals surface area contributed by atoms with Crippen molar-refractivity contribution in [1.82, 2.24) is 24.8 Å². The van der Waals surface area contributed by atoms with Crippen LogP contribution < -0.4 is 0 Å². The van der Waals surface area contributed by atoms with Gasteiger partial charge in [0.15, 0.2) is 0 Å². The standard InChI is InChI=1S/C17H17Cl2N5O2/c18-14-4-3-11(6-15(14)19)17(26)23-9-13(10-23)24-8-12(20-21-24)7-22-5-1-2-16(22)25/h3-4,6,8,13H,1-2,5,7,9-10H2. The Labute approximate surface area is 160 Å². The monoisotopic (exact) mass is 393 g/mol. The van der Waals surface area contributed by atoms with Crippen LogP contribution in [0.3, 0.4) is 0 Å². The molecule has 0 atom stereocenters. The van der Waals surface area contributed by atoms with Gasteiger partial charge in [0.2, 0.25) is 5.91 Å². The number of nitrogens with zero attached hydrogens (tertiary/aromatic N) is 5. The maximum atomic E-state index is 12.5. The second kappa shape index (κ2) is 6.89. The molecule has 2 amide bonds. The van der Waals surface area contributed by atoms with Crippen LogP contribution in [-0.2, 0) is 11.3 Å². The highest BCUT2D eigenvalue weighted by molar-refractivity contribution is 6.42. The average Bonchev–Trinajstić information content (AvgIpc) is 3.19. The van der Waals surface area contributed by atoms with Crippen molar-refractivity contribution >= 4 is 35.0 Å². The number of benzene rings is 1. The molecule has 0 radical (unpaired) electrons. The van der Waals surface area contributed by atoms with Crippen molar-refractivity contribution in [2.45, 2.75) is 25.4 Å². The largest absolute Gasteiger partial charge is 0.337 e. The number of aromatic nitrogens is 3. The number of likely N-dealkylation sites (tertiary alicyclic amines) is 2. The van der Waals surface area contributed by atoms with Gasteiger partial charge in [0, 0.05) is 31.6 Å². The molecule has 136 valence electrons. The van der Waals surface area contributed by atoms with E-state index in [1.54, 1.807) is 32.7 Å². The zero-order valence-corrected chi connectivity index (χ0v) is 15.4. The van der Waals surface area contributed by atoms with E-state index in [1.807, 2.05) is 6.20 Å². The van der Waals surface area contributed by atoms with Crippen molar-refractivity contribution in [2.75, 3.05) is 19.6 Å². The molecule has 3 heterocycles. The molecule has 4 rings (SSSR count). The molecule has 1 aromatic carbocycles. The molecule has 0 N–H and O–H groups in total. The first kappa shape index (κ1) is 17.3. The molecule has 26 heavy (non-hydrogen) atoms. The van der Waals surface area contributed by atoms with Gasteiger partial charge in [-0.3, -0.25) is 9.59 Å². The maximum Gasteiger partial charge on any atom is 0.254 e. The molecule has 0 spiro atoms. The Morgan fingerprint density at radius 1 is 1.23 bits per heavy atom. The topological polar surface area (TPSA) is 71.3 Å². The lowest BCUT2D eigenvalue weighted by molar-refractivity contribution is -0.128. The molecule has 2 fully saturated rings. The Hall–Kier alpha value is -2.12. The number of halogens is 2. The summed E-state index contributed by atoms with van der Waals surface area (Å²) in [4.78, 5) is 27.7. The third-order valence-corrected chi connectivity index (χ3v) is 5.51. The molecule has 0 saturated carbocycles. The molecule has 2 aromatic rings. The van der Waals surface area contributed by atoms with Crippen molar-refractivity contribution in [2.24, 2.45) is 0 Å². The molecule has 2 aliphatic heterocycles. The van der Waals surface area contributed by atoms with Crippen molar-refractivity contribution in [1.29, 1.82) is 0 Å². The lowest BCUT2D eigenvalue weighted by Crippen LogP contribution is -2.50. The third kappa shape index (κ3) is 3.29. The fourth-order valence-corrected chi connectivity index (χ4v) is 3.53. The van der Waals surface area contributed by atoms with E-state index in [-0.39, 0.29) is 17.9 Å². The Morgan fingerprint density at radius 2 is 2.04 bits per heavy atom. The van der Waals surface area contributed by atoms with Gasteiger partial charge in [0.05, 0.1) is 28.8 Å². The van der Waals surface area contributed by atoms with E-state index in [2.05, 4.69) is 10.3 Å². The first-order chi connectivity index (χ1) is 12.5. The van der Waals surface area contributed by atoms with Crippen LogP contribution in [0, 0.1) is 0 Å². The van der Waals surface area contributed by atoms with E-state index in [1.165, 1.54) is 0 Å². The first-order valence-electron chi connectivity index (χ1n) is 8.44. The SMILES string of the molecule is O=C1CCCN1Cc1cn(C2CN(C(=O)c3ccc(Cl)c(Cl)c3)C2)nn1. The van der Waals surface area contributed by atoms with E-state index in [0.717, 1.165) is 18.7 Å². The summed E-state index contributed by atoms with van der Waals surface area (Å²) in [5.74, 6) is 0.0874. The minimum absolute atomic E-state index is 0.0807. The average molecular weight is 394 g/mol. The maximum absolute atomic E-state index is 12.5. The number of hydrogen-bond donors (Lipinski definition) is 0. The van der Waals surface area contributed by atoms with E-state index >= 15 is 0 Å². The summed E-state index contributed by atoms with van der Waals surface area (Å²) in [6.07, 6.45) is 3.38. The molecule has 0 unspecified atom stereocenters. The predicted octanol–water partition coefficient (Wildman–Crippen LogP) is 2.40. The summed E-state index contributed by atoms with van der Waals surface area (Å²) < 4.78 is 1.77. The van der Waals surface area contributed by atoms with Crippen molar-refractivity contribution in [3.05, 3.63) is 45.7 Å². The Kier molecular flexibility index (Phi) is 4.58. The van der Waals surface area contributed by atoms with Gasteiger partial charge in [-0.15, -0.1) is 5.10 Å². The Balaban J connectivity index is 1.35. The van der Waals surface area contributed by atoms with Gasteiger partial charge < -0.3 is 9.80 Å². The van der Waals surface area contributed by atoms with Gasteiger partial charge in [0.1, 0.15) is 5.69 Å². The normalized spacial score (nSPS) is 17.7. The van der Waals surface area contributed by atoms with Crippen LogP contribution in [0.4, 0.5) is 0 Å². The zero-order chi connectivity index (χ0) is 18.3. The fraction of sp³-hybridized carbons (Fsp3) is 0.412. The summed E-state index contributed by atoms with van der Waals surface area (Å²) >= 11 is 11.9. The molecule has 0 bridgehead atoms. The quantitative estimate of drug-likeness (QED) is 0.799. The van der Waals surface area contributed by atoms with Gasteiger partial charge in [0.25, 0.3) is 5.91 Å². The van der Waals surface area contributed by atoms with Crippen molar-refractivity contribution in [3.63, 3.8) is 0 Å². The molecule has 2 saturated heterocycles. The van der Waals surface area contributed by atoms with E-state index in [9.17, 15) is 9.59 Å². The van der Waals surface area contributed by atoms with Crippen LogP contribution in [0.5, 0.6) is 0 Å². The second-order valence-corrected chi connectivity index (χ2v) is 7.42. The molecular weight excluding hydrogens is 377 g/mol. The number of carbonyl (C=O) groups is 2. The zero-order valence-electron chi connectivity index (χ0n) is 13.9. The minimum atomic E-state index is -0.0807. The first-order valence-corrected chi connectivity index (χ1v) is 9.19. The highest BCUT2D eigenvalue weighted by Gasteiger charge is 2.33. The second-order valence-electron chi connectivity index (χ2n) is 6.60. The van der Waals surface area contributed by atoms with E-state index in [0.29, 0.717) is 41.7 Å². The Bertz CT molecular complexity index is 863. The molecule has 2 aliphatic rings. The van der Waals surface area contributed by atoms with Crippen molar-refractivity contribution < 1.29 is 9.59 Å². The fourth-order valence-electron chi connectivity index (χ4n) is 3.23. The number of carbonyl (C=O) groups excluding carboxylic acids is 2. The van der Waals surface area contributed by atoms with Crippen LogP contribution in [0.15, 0.2) is 24.4 Å². The lowest BCUT2D eigenvalue weighted by Gasteiger charge is -2.38. The molecular formula is C17H17Cl2N5O2. The molecule has 9 heteroatoms. The van der Waals surface area contributed by atoms with Gasteiger partial charge in [-0.05, 0) is 24.6 Å². The smallest absolute Gasteiger partial charge is 0.254 e. The molecule has 7 nitrogen and oxygen atoms in total. The lowest BCUT2D eigenvalue weighted by atomic mass is 10.1. The van der Waals surface area contributed by atoms with Gasteiger partial charge in [-0.2, -0.15) is 0 Å². The van der Waals surface area contributed by atoms with Crippen molar-refractivity contribution in [3.8, 4) is 0 Å². The van der Waals surface area contributed by atoms with E-state index in [4.69, 9.17) is 23.2 Å². The summed E-state index contributed by atoms with van der Waals surface area (Å²) in [6, 6.07) is 4.97. The van der Waals surface area contributed by atoms with Crippen LogP contribution in [0.1, 0.15) is 34.9 Å². The van der Waals surface area contributed by atoms with E-state index < -0.39 is 0 Å². The summed E-state index contributed by atoms with van der Waals surface area (Å²) in [7, 11) is 0. The number of amides is 2. The van der Waals surface area contributed by atoms with Gasteiger partial charge >= 0.3 is 0 Å². The van der Waals surface area contributed by atoms with Gasteiger partial charge in [-0.25, -0.2) is 4.68 Å². The number of rotatable bonds is 4. The summed E-state index contributed by atoms with van der Waals surface area (Å²) in [6.45, 7) is 2.40. The summed E-state index contributed by atoms with van der Waals surface area (Å²) in [5, 5.41) is 9.09. The Morgan fingerprint density at radius 3 is 2.73 bits per heavy atom.